The van der Waals surface area contributed by atoms with Crippen LogP contribution in [-0.2, 0) is 19.4 Å². The molecule has 0 aliphatic carbocycles. The minimum atomic E-state index is -3.92. The molecule has 0 radical (unpaired) electrons. The fourth-order valence-electron chi connectivity index (χ4n) is 3.26. The largest absolute Gasteiger partial charge is 0.480 e. The van der Waals surface area contributed by atoms with Gasteiger partial charge in [-0.2, -0.15) is 0 Å². The summed E-state index contributed by atoms with van der Waals surface area (Å²) < 4.78 is 31.2. The Morgan fingerprint density at radius 2 is 1.61 bits per heavy atom. The van der Waals surface area contributed by atoms with Gasteiger partial charge in [-0.3, -0.25) is 10.1 Å². The maximum absolute atomic E-state index is 12.7. The van der Waals surface area contributed by atoms with Gasteiger partial charge in [0, 0.05) is 10.8 Å². The molecule has 2 unspecified atom stereocenters. The van der Waals surface area contributed by atoms with Gasteiger partial charge in [0.15, 0.2) is 9.84 Å². The van der Waals surface area contributed by atoms with Crippen LogP contribution in [0.3, 0.4) is 0 Å². The first-order valence-electron chi connectivity index (χ1n) is 10.0. The molecular weight excluding hydrogens is 446 g/mol. The highest BCUT2D eigenvalue weighted by atomic mass is 32.2. The fourth-order valence-corrected chi connectivity index (χ4v) is 4.53. The van der Waals surface area contributed by atoms with Gasteiger partial charge >= 0.3 is 11.9 Å². The number of hydrogen-bond acceptors (Lipinski definition) is 6. The number of benzene rings is 3. The van der Waals surface area contributed by atoms with Gasteiger partial charge in [0.2, 0.25) is 6.10 Å². The Labute approximate surface area is 191 Å². The molecule has 3 aromatic rings. The number of ether oxygens (including phenoxy) is 1. The van der Waals surface area contributed by atoms with Crippen molar-refractivity contribution >= 4 is 38.6 Å². The number of nitrogens with one attached hydrogen (secondary N) is 1. The number of carboxylic acid groups (broad SMARTS) is 2. The van der Waals surface area contributed by atoms with E-state index in [0.717, 1.165) is 10.8 Å². The van der Waals surface area contributed by atoms with Crippen LogP contribution in [0, 0.1) is 0 Å². The van der Waals surface area contributed by atoms with E-state index in [9.17, 15) is 23.1 Å². The lowest BCUT2D eigenvalue weighted by Gasteiger charge is -2.25. The highest BCUT2D eigenvalue weighted by molar-refractivity contribution is 7.94. The zero-order valence-electron chi connectivity index (χ0n) is 17.5. The van der Waals surface area contributed by atoms with E-state index in [-0.39, 0.29) is 5.75 Å². The molecule has 9 heteroatoms. The summed E-state index contributed by atoms with van der Waals surface area (Å²) in [5.41, 5.74) is 0.651. The first kappa shape index (κ1) is 24.0. The van der Waals surface area contributed by atoms with Crippen LogP contribution < -0.4 is 10.1 Å². The number of carbonyl (C=O) groups is 2. The lowest BCUT2D eigenvalue weighted by atomic mass is 10.1. The molecular formula is C24H23NO7S. The summed E-state index contributed by atoms with van der Waals surface area (Å²) in [6.07, 6.45) is -0.264. The Kier molecular flexibility index (Phi) is 7.81. The quantitative estimate of drug-likeness (QED) is 0.391. The molecule has 8 nitrogen and oxygen atoms in total. The van der Waals surface area contributed by atoms with Crippen molar-refractivity contribution in [2.45, 2.75) is 12.1 Å². The highest BCUT2D eigenvalue weighted by Gasteiger charge is 2.34. The van der Waals surface area contributed by atoms with E-state index in [0.29, 0.717) is 10.9 Å². The summed E-state index contributed by atoms with van der Waals surface area (Å²) in [6.45, 7) is -0.634. The molecule has 172 valence electrons. The number of carboxylic acids is 2. The molecule has 0 heterocycles. The summed E-state index contributed by atoms with van der Waals surface area (Å²) in [5, 5.41) is 23.8. The standard InChI is InChI=1S/C24H23NO7S/c26-22(27)15-25-20(16-33(30,31)14-13-17-7-2-1-3-8-17)23(24(28)29)32-21-12-6-10-18-9-4-5-11-19(18)21/h1-14,20,23,25H,15-16H2,(H,26,27)(H,28,29). The second-order valence-corrected chi connectivity index (χ2v) is 9.21. The van der Waals surface area contributed by atoms with Crippen LogP contribution in [0.5, 0.6) is 5.75 Å². The predicted octanol–water partition coefficient (Wildman–Crippen LogP) is 2.80. The second kappa shape index (κ2) is 10.8. The second-order valence-electron chi connectivity index (χ2n) is 7.28. The molecule has 33 heavy (non-hydrogen) atoms. The van der Waals surface area contributed by atoms with Crippen molar-refractivity contribution in [3.8, 4) is 5.75 Å². The molecule has 3 rings (SSSR count). The van der Waals surface area contributed by atoms with Gasteiger partial charge < -0.3 is 14.9 Å². The summed E-state index contributed by atoms with van der Waals surface area (Å²) in [7, 11) is -3.92. The van der Waals surface area contributed by atoms with Crippen LogP contribution in [0.25, 0.3) is 16.8 Å². The first-order valence-corrected chi connectivity index (χ1v) is 11.7. The minimum absolute atomic E-state index is 0.250. The summed E-state index contributed by atoms with van der Waals surface area (Å²) in [4.78, 5) is 23.2. The summed E-state index contributed by atoms with van der Waals surface area (Å²) >= 11 is 0. The van der Waals surface area contributed by atoms with E-state index in [1.807, 2.05) is 18.2 Å². The molecule has 2 atom stereocenters. The molecule has 0 saturated heterocycles. The maximum Gasteiger partial charge on any atom is 0.346 e. The molecule has 0 saturated carbocycles. The number of fused-ring (bicyclic) bond motifs is 1. The van der Waals surface area contributed by atoms with Gasteiger partial charge in [0.05, 0.1) is 18.3 Å². The third-order valence-corrected chi connectivity index (χ3v) is 6.18. The van der Waals surface area contributed by atoms with Gasteiger partial charge in [-0.1, -0.05) is 66.7 Å². The van der Waals surface area contributed by atoms with E-state index < -0.39 is 46.2 Å². The van der Waals surface area contributed by atoms with Gasteiger partial charge in [0.25, 0.3) is 0 Å². The van der Waals surface area contributed by atoms with Gasteiger partial charge in [-0.15, -0.1) is 0 Å². The molecule has 0 spiro atoms. The Bertz CT molecular complexity index is 1250. The van der Waals surface area contributed by atoms with Crippen LogP contribution in [0.1, 0.15) is 5.56 Å². The smallest absolute Gasteiger partial charge is 0.346 e. The van der Waals surface area contributed by atoms with E-state index >= 15 is 0 Å². The minimum Gasteiger partial charge on any atom is -0.480 e. The van der Waals surface area contributed by atoms with Crippen molar-refractivity contribution in [3.05, 3.63) is 83.8 Å². The lowest BCUT2D eigenvalue weighted by molar-refractivity contribution is -0.147. The van der Waals surface area contributed by atoms with E-state index in [2.05, 4.69) is 5.32 Å². The molecule has 0 amide bonds. The zero-order valence-corrected chi connectivity index (χ0v) is 18.3. The molecule has 3 aromatic carbocycles. The Morgan fingerprint density at radius 1 is 0.939 bits per heavy atom. The Morgan fingerprint density at radius 3 is 2.30 bits per heavy atom. The molecule has 3 N–H and O–H groups in total. The summed E-state index contributed by atoms with van der Waals surface area (Å²) in [5.74, 6) is -3.11. The molecule has 0 bridgehead atoms. The van der Waals surface area contributed by atoms with Crippen molar-refractivity contribution in [2.75, 3.05) is 12.3 Å². The van der Waals surface area contributed by atoms with Crippen molar-refractivity contribution in [1.82, 2.24) is 5.32 Å². The van der Waals surface area contributed by atoms with Crippen LogP contribution in [-0.4, -0.2) is 55.0 Å². The van der Waals surface area contributed by atoms with E-state index in [4.69, 9.17) is 9.84 Å². The highest BCUT2D eigenvalue weighted by Crippen LogP contribution is 2.27. The van der Waals surface area contributed by atoms with Crippen LogP contribution in [0.4, 0.5) is 0 Å². The van der Waals surface area contributed by atoms with Crippen molar-refractivity contribution < 1.29 is 33.0 Å². The van der Waals surface area contributed by atoms with Crippen molar-refractivity contribution in [3.63, 3.8) is 0 Å². The van der Waals surface area contributed by atoms with Crippen molar-refractivity contribution in [1.29, 1.82) is 0 Å². The lowest BCUT2D eigenvalue weighted by Crippen LogP contribution is -2.52. The third-order valence-electron chi connectivity index (χ3n) is 4.81. The number of rotatable bonds is 11. The number of aliphatic carboxylic acids is 2. The molecule has 0 aliphatic rings. The third kappa shape index (κ3) is 6.90. The summed E-state index contributed by atoms with van der Waals surface area (Å²) in [6, 6.07) is 19.7. The first-order chi connectivity index (χ1) is 15.7. The maximum atomic E-state index is 12.7. The SMILES string of the molecule is O=C(O)CNC(CS(=O)(=O)C=Cc1ccccc1)C(Oc1cccc2ccccc12)C(=O)O. The average Bonchev–Trinajstić information content (AvgIpc) is 2.79. The Balaban J connectivity index is 1.89. The Hall–Kier alpha value is -3.69. The van der Waals surface area contributed by atoms with Crippen LogP contribution >= 0.6 is 0 Å². The van der Waals surface area contributed by atoms with Gasteiger partial charge in [0.1, 0.15) is 5.75 Å². The topological polar surface area (TPSA) is 130 Å². The predicted molar refractivity (Wildman–Crippen MR) is 125 cm³/mol. The zero-order chi connectivity index (χ0) is 23.8. The normalized spacial score (nSPS) is 13.6. The van der Waals surface area contributed by atoms with E-state index in [1.54, 1.807) is 54.6 Å². The average molecular weight is 470 g/mol. The van der Waals surface area contributed by atoms with Crippen LogP contribution in [0.15, 0.2) is 78.2 Å². The van der Waals surface area contributed by atoms with Gasteiger partial charge in [-0.05, 0) is 23.1 Å². The molecule has 0 aromatic heterocycles. The van der Waals surface area contributed by atoms with Gasteiger partial charge in [-0.25, -0.2) is 13.2 Å². The molecule has 0 aliphatic heterocycles. The monoisotopic (exact) mass is 469 g/mol. The van der Waals surface area contributed by atoms with Crippen LogP contribution in [0.2, 0.25) is 0 Å². The number of sulfone groups is 1. The number of hydrogen-bond donors (Lipinski definition) is 3. The molecule has 0 fully saturated rings. The van der Waals surface area contributed by atoms with E-state index in [1.165, 1.54) is 6.08 Å². The fraction of sp³-hybridized carbons (Fsp3) is 0.167. The van der Waals surface area contributed by atoms with Crippen molar-refractivity contribution in [2.24, 2.45) is 0 Å².